The first-order chi connectivity index (χ1) is 9.04. The van der Waals surface area contributed by atoms with E-state index in [1.165, 1.54) is 6.20 Å². The zero-order valence-corrected chi connectivity index (χ0v) is 12.9. The van der Waals surface area contributed by atoms with E-state index in [0.717, 1.165) is 22.0 Å². The summed E-state index contributed by atoms with van der Waals surface area (Å²) in [7, 11) is 0. The molecule has 0 atom stereocenters. The average Bonchev–Trinajstić information content (AvgIpc) is 2.83. The van der Waals surface area contributed by atoms with E-state index in [1.807, 2.05) is 32.9 Å². The minimum atomic E-state index is -0.0304. The van der Waals surface area contributed by atoms with Crippen molar-refractivity contribution in [3.63, 3.8) is 0 Å². The molecule has 1 heterocycles. The van der Waals surface area contributed by atoms with Crippen LogP contribution in [0.15, 0.2) is 22.8 Å². The molecule has 0 saturated carbocycles. The van der Waals surface area contributed by atoms with Gasteiger partial charge in [-0.15, -0.1) is 5.10 Å². The van der Waals surface area contributed by atoms with E-state index in [1.54, 1.807) is 4.68 Å². The second-order valence-corrected chi connectivity index (χ2v) is 5.39. The summed E-state index contributed by atoms with van der Waals surface area (Å²) < 4.78 is 2.71. The van der Waals surface area contributed by atoms with Gasteiger partial charge in [-0.1, -0.05) is 28.1 Å². The highest BCUT2D eigenvalue weighted by Gasteiger charge is 2.16. The maximum absolute atomic E-state index is 12.5. The monoisotopic (exact) mass is 321 g/mol. The molecule has 0 aliphatic heterocycles. The Bertz CT molecular complexity index is 596. The minimum Gasteiger partial charge on any atom is -0.287 e. The molecule has 0 radical (unpaired) electrons. The number of benzene rings is 1. The van der Waals surface area contributed by atoms with Crippen molar-refractivity contribution >= 4 is 21.7 Å². The number of ketones is 1. The molecule has 5 heteroatoms. The maximum Gasteiger partial charge on any atom is 0.212 e. The molecule has 2 rings (SSSR count). The van der Waals surface area contributed by atoms with Crippen molar-refractivity contribution in [1.82, 2.24) is 15.0 Å². The fraction of sp³-hybridized carbons (Fsp3) is 0.357. The highest BCUT2D eigenvalue weighted by Crippen LogP contribution is 2.23. The topological polar surface area (TPSA) is 47.8 Å². The molecule has 0 aliphatic carbocycles. The van der Waals surface area contributed by atoms with Gasteiger partial charge in [-0.05, 0) is 43.5 Å². The Labute approximate surface area is 121 Å². The van der Waals surface area contributed by atoms with Crippen molar-refractivity contribution < 1.29 is 4.79 Å². The average molecular weight is 322 g/mol. The summed E-state index contributed by atoms with van der Waals surface area (Å²) in [6.45, 7) is 6.71. The Balaban J connectivity index is 2.41. The summed E-state index contributed by atoms with van der Waals surface area (Å²) in [4.78, 5) is 12.5. The standard InChI is InChI=1S/C14H16BrN3O/c1-4-5-18-12(8-16-17-18)14(19)11-6-9(2)13(15)10(3)7-11/h6-8H,4-5H2,1-3H3. The van der Waals surface area contributed by atoms with Gasteiger partial charge in [0.1, 0.15) is 5.69 Å². The number of carbonyl (C=O) groups is 1. The predicted molar refractivity (Wildman–Crippen MR) is 77.4 cm³/mol. The summed E-state index contributed by atoms with van der Waals surface area (Å²) in [5, 5.41) is 7.78. The summed E-state index contributed by atoms with van der Waals surface area (Å²) in [6, 6.07) is 3.78. The molecule has 0 spiro atoms. The van der Waals surface area contributed by atoms with E-state index < -0.39 is 0 Å². The molecule has 19 heavy (non-hydrogen) atoms. The molecule has 0 fully saturated rings. The van der Waals surface area contributed by atoms with Crippen LogP contribution in [0.5, 0.6) is 0 Å². The fourth-order valence-corrected chi connectivity index (χ4v) is 2.26. The van der Waals surface area contributed by atoms with E-state index in [-0.39, 0.29) is 5.78 Å². The Kier molecular flexibility index (Phi) is 4.14. The van der Waals surface area contributed by atoms with Crippen molar-refractivity contribution in [2.75, 3.05) is 0 Å². The summed E-state index contributed by atoms with van der Waals surface area (Å²) in [5.74, 6) is -0.0304. The van der Waals surface area contributed by atoms with Gasteiger partial charge in [0.05, 0.1) is 6.20 Å². The summed E-state index contributed by atoms with van der Waals surface area (Å²) >= 11 is 3.51. The number of carbonyl (C=O) groups excluding carboxylic acids is 1. The lowest BCUT2D eigenvalue weighted by Gasteiger charge is -2.08. The highest BCUT2D eigenvalue weighted by molar-refractivity contribution is 9.10. The number of hydrogen-bond donors (Lipinski definition) is 0. The molecule has 2 aromatic rings. The second kappa shape index (κ2) is 5.65. The minimum absolute atomic E-state index is 0.0304. The molecule has 0 unspecified atom stereocenters. The van der Waals surface area contributed by atoms with Gasteiger partial charge < -0.3 is 0 Å². The molecule has 0 bridgehead atoms. The van der Waals surface area contributed by atoms with Gasteiger partial charge in [0.25, 0.3) is 0 Å². The zero-order chi connectivity index (χ0) is 14.0. The SMILES string of the molecule is CCCn1nncc1C(=O)c1cc(C)c(Br)c(C)c1. The van der Waals surface area contributed by atoms with Crippen LogP contribution >= 0.6 is 15.9 Å². The van der Waals surface area contributed by atoms with Crippen LogP contribution in [0, 0.1) is 13.8 Å². The summed E-state index contributed by atoms with van der Waals surface area (Å²) in [6.07, 6.45) is 2.45. The number of aryl methyl sites for hydroxylation is 3. The lowest BCUT2D eigenvalue weighted by atomic mass is 10.0. The molecule has 1 aromatic heterocycles. The molecule has 0 N–H and O–H groups in total. The van der Waals surface area contributed by atoms with E-state index in [0.29, 0.717) is 17.8 Å². The Morgan fingerprint density at radius 1 is 1.32 bits per heavy atom. The van der Waals surface area contributed by atoms with Crippen LogP contribution in [0.1, 0.15) is 40.5 Å². The Hall–Kier alpha value is -1.49. The van der Waals surface area contributed by atoms with Crippen LogP contribution in [0.3, 0.4) is 0 Å². The number of aromatic nitrogens is 3. The zero-order valence-electron chi connectivity index (χ0n) is 11.3. The van der Waals surface area contributed by atoms with Gasteiger partial charge in [-0.2, -0.15) is 0 Å². The first-order valence-electron chi connectivity index (χ1n) is 6.24. The van der Waals surface area contributed by atoms with Gasteiger partial charge >= 0.3 is 0 Å². The molecule has 100 valence electrons. The summed E-state index contributed by atoms with van der Waals surface area (Å²) in [5.41, 5.74) is 3.33. The largest absolute Gasteiger partial charge is 0.287 e. The van der Waals surface area contributed by atoms with Gasteiger partial charge in [0.2, 0.25) is 5.78 Å². The van der Waals surface area contributed by atoms with E-state index in [2.05, 4.69) is 26.2 Å². The Morgan fingerprint density at radius 2 is 1.95 bits per heavy atom. The quantitative estimate of drug-likeness (QED) is 0.812. The number of rotatable bonds is 4. The third kappa shape index (κ3) is 2.76. The lowest BCUT2D eigenvalue weighted by molar-refractivity contribution is 0.102. The predicted octanol–water partition coefficient (Wildman–Crippen LogP) is 3.30. The van der Waals surface area contributed by atoms with Crippen LogP contribution in [0.25, 0.3) is 0 Å². The normalized spacial score (nSPS) is 10.7. The molecule has 1 aromatic carbocycles. The van der Waals surface area contributed by atoms with Crippen molar-refractivity contribution in [3.05, 3.63) is 45.2 Å². The van der Waals surface area contributed by atoms with Gasteiger partial charge in [0, 0.05) is 16.6 Å². The van der Waals surface area contributed by atoms with E-state index >= 15 is 0 Å². The first kappa shape index (κ1) is 13.9. The molecule has 0 amide bonds. The van der Waals surface area contributed by atoms with Crippen LogP contribution in [0.2, 0.25) is 0 Å². The third-order valence-corrected chi connectivity index (χ3v) is 4.24. The number of hydrogen-bond acceptors (Lipinski definition) is 3. The van der Waals surface area contributed by atoms with E-state index in [4.69, 9.17) is 0 Å². The molecule has 0 aliphatic rings. The second-order valence-electron chi connectivity index (χ2n) is 4.60. The van der Waals surface area contributed by atoms with Crippen molar-refractivity contribution in [3.8, 4) is 0 Å². The smallest absolute Gasteiger partial charge is 0.212 e. The van der Waals surface area contributed by atoms with Crippen LogP contribution in [0.4, 0.5) is 0 Å². The number of nitrogens with zero attached hydrogens (tertiary/aromatic N) is 3. The van der Waals surface area contributed by atoms with Gasteiger partial charge in [-0.25, -0.2) is 4.68 Å². The van der Waals surface area contributed by atoms with Crippen molar-refractivity contribution in [1.29, 1.82) is 0 Å². The van der Waals surface area contributed by atoms with Gasteiger partial charge in [-0.3, -0.25) is 4.79 Å². The first-order valence-corrected chi connectivity index (χ1v) is 7.03. The van der Waals surface area contributed by atoms with Gasteiger partial charge in [0.15, 0.2) is 0 Å². The lowest BCUT2D eigenvalue weighted by Crippen LogP contribution is -2.12. The van der Waals surface area contributed by atoms with Crippen LogP contribution < -0.4 is 0 Å². The molecular weight excluding hydrogens is 306 g/mol. The van der Waals surface area contributed by atoms with Crippen LogP contribution in [-0.4, -0.2) is 20.8 Å². The number of halogens is 1. The molecular formula is C14H16BrN3O. The molecule has 0 saturated heterocycles. The maximum atomic E-state index is 12.5. The fourth-order valence-electron chi connectivity index (χ4n) is 2.04. The highest BCUT2D eigenvalue weighted by atomic mass is 79.9. The molecule has 4 nitrogen and oxygen atoms in total. The third-order valence-electron chi connectivity index (χ3n) is 2.98. The van der Waals surface area contributed by atoms with Crippen molar-refractivity contribution in [2.45, 2.75) is 33.7 Å². The van der Waals surface area contributed by atoms with E-state index in [9.17, 15) is 4.79 Å². The van der Waals surface area contributed by atoms with Crippen LogP contribution in [-0.2, 0) is 6.54 Å². The Morgan fingerprint density at radius 3 is 2.53 bits per heavy atom. The van der Waals surface area contributed by atoms with Crippen molar-refractivity contribution in [2.24, 2.45) is 0 Å².